The number of carbonyl (C=O) groups is 2. The lowest BCUT2D eigenvalue weighted by molar-refractivity contribution is -0.139. The minimum atomic E-state index is -2.42. The summed E-state index contributed by atoms with van der Waals surface area (Å²) in [6, 6.07) is 0. The molecule has 0 saturated carbocycles. The van der Waals surface area contributed by atoms with Gasteiger partial charge in [0.2, 0.25) is 0 Å². The predicted molar refractivity (Wildman–Crippen MR) is 36.7 cm³/mol. The molecule has 0 aliphatic heterocycles. The van der Waals surface area contributed by atoms with Gasteiger partial charge in [-0.25, -0.2) is 4.79 Å². The molecule has 2 atom stereocenters. The van der Waals surface area contributed by atoms with Crippen molar-refractivity contribution in [1.82, 2.24) is 0 Å². The van der Waals surface area contributed by atoms with Crippen molar-refractivity contribution < 1.29 is 23.8 Å². The van der Waals surface area contributed by atoms with Gasteiger partial charge >= 0.3 is 19.7 Å². The largest absolute Gasteiger partial charge is 0.531 e. The molecule has 0 rings (SSSR count). The summed E-state index contributed by atoms with van der Waals surface area (Å²) in [7, 11) is -1.32. The molecule has 0 aromatic heterocycles. The Morgan fingerprint density at radius 2 is 2.00 bits per heavy atom. The number of hydrogen-bond donors (Lipinski definition) is 1. The maximum Gasteiger partial charge on any atom is 0.531 e. The highest BCUT2D eigenvalue weighted by atomic mass is 31.1. The number of rotatable bonds is 4. The molecule has 62 valence electrons. The van der Waals surface area contributed by atoms with E-state index in [9.17, 15) is 14.2 Å². The summed E-state index contributed by atoms with van der Waals surface area (Å²) in [6.45, 7) is 1.06. The van der Waals surface area contributed by atoms with Crippen LogP contribution in [0, 0.1) is 0 Å². The Kier molecular flexibility index (Phi) is 3.85. The molecule has 0 aromatic rings. The Labute approximate surface area is 64.2 Å². The van der Waals surface area contributed by atoms with Crippen molar-refractivity contribution >= 4 is 19.8 Å². The van der Waals surface area contributed by atoms with E-state index in [4.69, 9.17) is 5.11 Å². The van der Waals surface area contributed by atoms with Crippen molar-refractivity contribution in [3.8, 4) is 0 Å². The second kappa shape index (κ2) is 4.16. The second-order valence-electron chi connectivity index (χ2n) is 1.82. The molecule has 2 unspecified atom stereocenters. The molecule has 0 amide bonds. The van der Waals surface area contributed by atoms with E-state index < -0.39 is 25.4 Å². The van der Waals surface area contributed by atoms with Crippen LogP contribution in [0.1, 0.15) is 6.92 Å². The summed E-state index contributed by atoms with van der Waals surface area (Å²) < 4.78 is 15.0. The van der Waals surface area contributed by atoms with Crippen molar-refractivity contribution in [3.05, 3.63) is 0 Å². The van der Waals surface area contributed by atoms with Crippen LogP contribution >= 0.6 is 8.03 Å². The number of carbonyl (C=O) groups excluding carboxylic acids is 1. The molecule has 6 heteroatoms. The molecule has 0 radical (unpaired) electrons. The molecule has 0 fully saturated rings. The molecule has 0 bridgehead atoms. The zero-order valence-corrected chi connectivity index (χ0v) is 7.00. The Morgan fingerprint density at radius 3 is 2.09 bits per heavy atom. The highest BCUT2D eigenvalue weighted by molar-refractivity contribution is 7.42. The summed E-state index contributed by atoms with van der Waals surface area (Å²) in [5, 5.41) is 8.36. The van der Waals surface area contributed by atoms with Gasteiger partial charge in [-0.2, -0.15) is 0 Å². The van der Waals surface area contributed by atoms with E-state index in [1.165, 1.54) is 0 Å². The molecule has 0 aliphatic rings. The van der Waals surface area contributed by atoms with E-state index in [0.29, 0.717) is 0 Å². The highest BCUT2D eigenvalue weighted by Crippen LogP contribution is 2.28. The van der Waals surface area contributed by atoms with Crippen molar-refractivity contribution in [2.75, 3.05) is 7.11 Å². The monoisotopic (exact) mass is 179 g/mol. The van der Waals surface area contributed by atoms with Crippen molar-refractivity contribution in [2.45, 2.75) is 12.6 Å². The topological polar surface area (TPSA) is 80.7 Å². The first-order valence-corrected chi connectivity index (χ1v) is 3.99. The average molecular weight is 179 g/mol. The van der Waals surface area contributed by atoms with Gasteiger partial charge in [0, 0.05) is 0 Å². The Balaban J connectivity index is 4.47. The van der Waals surface area contributed by atoms with Crippen LogP contribution in [-0.4, -0.2) is 29.6 Å². The first-order chi connectivity index (χ1) is 5.00. The van der Waals surface area contributed by atoms with Crippen LogP contribution in [0.5, 0.6) is 0 Å². The van der Waals surface area contributed by atoms with Gasteiger partial charge < -0.3 is 5.11 Å². The third-order valence-corrected chi connectivity index (χ3v) is 2.38. The minimum Gasteiger partial charge on any atom is -0.477 e. The van der Waals surface area contributed by atoms with Gasteiger partial charge in [-0.05, 0) is 11.5 Å². The zero-order valence-electron chi connectivity index (χ0n) is 6.10. The normalized spacial score (nSPS) is 13.8. The van der Waals surface area contributed by atoms with E-state index in [0.717, 1.165) is 14.0 Å². The molecule has 0 aliphatic carbocycles. The third kappa shape index (κ3) is 2.74. The Morgan fingerprint density at radius 1 is 1.55 bits per heavy atom. The van der Waals surface area contributed by atoms with Gasteiger partial charge in [-0.3, -0.25) is 4.79 Å². The van der Waals surface area contributed by atoms with Crippen molar-refractivity contribution in [3.63, 3.8) is 0 Å². The van der Waals surface area contributed by atoms with Crippen molar-refractivity contribution in [1.29, 1.82) is 0 Å². The number of carboxylic acid groups (broad SMARTS) is 1. The van der Waals surface area contributed by atoms with Gasteiger partial charge in [0.25, 0.3) is 0 Å². The Hall–Kier alpha value is -0.800. The van der Waals surface area contributed by atoms with Crippen LogP contribution < -0.4 is 0 Å². The Bertz CT molecular complexity index is 185. The number of aliphatic carboxylic acids is 1. The second-order valence-corrected chi connectivity index (χ2v) is 3.27. The molecular formula is C5H8O5P+. The first-order valence-electron chi connectivity index (χ1n) is 2.74. The maximum absolute atomic E-state index is 10.7. The maximum atomic E-state index is 10.7. The lowest BCUT2D eigenvalue weighted by Crippen LogP contribution is -2.24. The summed E-state index contributed by atoms with van der Waals surface area (Å²) in [5.41, 5.74) is -1.53. The van der Waals surface area contributed by atoms with Gasteiger partial charge in [-0.15, -0.1) is 4.52 Å². The number of ketones is 1. The van der Waals surface area contributed by atoms with Gasteiger partial charge in [-0.1, -0.05) is 0 Å². The van der Waals surface area contributed by atoms with E-state index in [2.05, 4.69) is 4.52 Å². The first kappa shape index (κ1) is 10.2. The van der Waals surface area contributed by atoms with Crippen LogP contribution in [0.25, 0.3) is 0 Å². The minimum absolute atomic E-state index is 0.666. The van der Waals surface area contributed by atoms with Crippen molar-refractivity contribution in [2.24, 2.45) is 0 Å². The molecule has 1 N–H and O–H groups in total. The standard InChI is InChI=1S/C5H7O5P/c1-3(6)4(5(7)8)11(9)10-2/h4H,1-2H3/p+1. The SMILES string of the molecule is CO[P+](=O)C(C(C)=O)C(=O)O. The summed E-state index contributed by atoms with van der Waals surface area (Å²) in [4.78, 5) is 20.8. The quantitative estimate of drug-likeness (QED) is 0.499. The lowest BCUT2D eigenvalue weighted by Gasteiger charge is -1.92. The summed E-state index contributed by atoms with van der Waals surface area (Å²) in [6.07, 6.45) is 0. The number of Topliss-reactive ketones (excluding diaryl/α,β-unsaturated/α-hetero) is 1. The van der Waals surface area contributed by atoms with Gasteiger partial charge in [0.15, 0.2) is 5.78 Å². The summed E-state index contributed by atoms with van der Waals surface area (Å²) in [5.74, 6) is -2.08. The van der Waals surface area contributed by atoms with Crippen LogP contribution in [0.3, 0.4) is 0 Å². The highest BCUT2D eigenvalue weighted by Gasteiger charge is 2.43. The van der Waals surface area contributed by atoms with Crippen LogP contribution in [-0.2, 0) is 18.7 Å². The average Bonchev–Trinajstić information content (AvgIpc) is 1.85. The van der Waals surface area contributed by atoms with E-state index in [-0.39, 0.29) is 0 Å². The molecule has 11 heavy (non-hydrogen) atoms. The summed E-state index contributed by atoms with van der Waals surface area (Å²) >= 11 is 0. The van der Waals surface area contributed by atoms with Crippen LogP contribution in [0.4, 0.5) is 0 Å². The third-order valence-electron chi connectivity index (χ3n) is 1.01. The van der Waals surface area contributed by atoms with Crippen LogP contribution in [0.15, 0.2) is 0 Å². The molecular weight excluding hydrogens is 171 g/mol. The molecule has 5 nitrogen and oxygen atoms in total. The molecule has 0 aromatic carbocycles. The zero-order chi connectivity index (χ0) is 9.02. The van der Waals surface area contributed by atoms with E-state index >= 15 is 0 Å². The number of carboxylic acids is 1. The fourth-order valence-corrected chi connectivity index (χ4v) is 1.21. The lowest BCUT2D eigenvalue weighted by atomic mass is 10.3. The fraction of sp³-hybridized carbons (Fsp3) is 0.600. The van der Waals surface area contributed by atoms with Crippen LogP contribution in [0.2, 0.25) is 0 Å². The van der Waals surface area contributed by atoms with E-state index in [1.54, 1.807) is 0 Å². The number of hydrogen-bond acceptors (Lipinski definition) is 4. The van der Waals surface area contributed by atoms with Gasteiger partial charge in [0.05, 0.1) is 7.11 Å². The predicted octanol–water partition coefficient (Wildman–Crippen LogP) is 0.417. The molecule has 0 spiro atoms. The van der Waals surface area contributed by atoms with Gasteiger partial charge in [0.1, 0.15) is 0 Å². The molecule has 0 saturated heterocycles. The smallest absolute Gasteiger partial charge is 0.477 e. The van der Waals surface area contributed by atoms with E-state index in [1.807, 2.05) is 0 Å². The fourth-order valence-electron chi connectivity index (χ4n) is 0.518. The molecule has 0 heterocycles.